The van der Waals surface area contributed by atoms with Crippen LogP contribution >= 0.6 is 0 Å². The van der Waals surface area contributed by atoms with Crippen LogP contribution in [0.4, 0.5) is 4.79 Å². The van der Waals surface area contributed by atoms with Gasteiger partial charge in [-0.3, -0.25) is 0 Å². The number of aliphatic hydroxyl groups is 1. The normalized spacial score (nSPS) is 14.6. The number of likely N-dealkylation sites (N-methyl/N-ethyl adjacent to an activating group) is 1. The van der Waals surface area contributed by atoms with Crippen molar-refractivity contribution < 1.29 is 19.8 Å². The number of rotatable bonds is 7. The van der Waals surface area contributed by atoms with Crippen molar-refractivity contribution in [1.82, 2.24) is 10.2 Å². The van der Waals surface area contributed by atoms with E-state index < -0.39 is 23.6 Å². The van der Waals surface area contributed by atoms with E-state index in [1.54, 1.807) is 27.7 Å². The first-order chi connectivity index (χ1) is 8.62. The average Bonchev–Trinajstić information content (AvgIpc) is 2.30. The van der Waals surface area contributed by atoms with Crippen LogP contribution in [0.5, 0.6) is 0 Å². The van der Waals surface area contributed by atoms with Crippen LogP contribution in [0.2, 0.25) is 0 Å². The second-order valence-corrected chi connectivity index (χ2v) is 5.48. The molecule has 0 saturated heterocycles. The maximum absolute atomic E-state index is 12.0. The van der Waals surface area contributed by atoms with Gasteiger partial charge in [0.1, 0.15) is 6.04 Å². The van der Waals surface area contributed by atoms with Crippen LogP contribution in [-0.2, 0) is 4.79 Å². The lowest BCUT2D eigenvalue weighted by atomic mass is 9.99. The van der Waals surface area contributed by atoms with Crippen LogP contribution in [0, 0.1) is 5.92 Å². The molecule has 0 heterocycles. The minimum absolute atomic E-state index is 0.151. The molecule has 6 nitrogen and oxygen atoms in total. The van der Waals surface area contributed by atoms with Crippen LogP contribution in [0.15, 0.2) is 0 Å². The quantitative estimate of drug-likeness (QED) is 0.652. The van der Waals surface area contributed by atoms with Gasteiger partial charge in [0.25, 0.3) is 0 Å². The van der Waals surface area contributed by atoms with Crippen LogP contribution in [0.1, 0.15) is 41.0 Å². The molecule has 0 aromatic rings. The minimum atomic E-state index is -1.04. The molecule has 0 aromatic carbocycles. The number of carboxylic acid groups (broad SMARTS) is 1. The number of hydrogen-bond donors (Lipinski definition) is 3. The van der Waals surface area contributed by atoms with Crippen molar-refractivity contribution >= 4 is 12.0 Å². The minimum Gasteiger partial charge on any atom is -0.480 e. The molecule has 0 fully saturated rings. The fourth-order valence-electron chi connectivity index (χ4n) is 1.70. The predicted octanol–water partition coefficient (Wildman–Crippen LogP) is 1.29. The van der Waals surface area contributed by atoms with Gasteiger partial charge in [-0.2, -0.15) is 0 Å². The lowest BCUT2D eigenvalue weighted by Gasteiger charge is -2.30. The summed E-state index contributed by atoms with van der Waals surface area (Å²) >= 11 is 0. The largest absolute Gasteiger partial charge is 0.480 e. The number of urea groups is 1. The summed E-state index contributed by atoms with van der Waals surface area (Å²) in [7, 11) is 0. The fraction of sp³-hybridized carbons (Fsp3) is 0.846. The van der Waals surface area contributed by atoms with Gasteiger partial charge in [-0.25, -0.2) is 9.59 Å². The van der Waals surface area contributed by atoms with Gasteiger partial charge in [-0.15, -0.1) is 0 Å². The van der Waals surface area contributed by atoms with E-state index in [-0.39, 0.29) is 12.5 Å². The molecule has 0 aliphatic rings. The van der Waals surface area contributed by atoms with Crippen LogP contribution in [-0.4, -0.2) is 51.8 Å². The van der Waals surface area contributed by atoms with Crippen LogP contribution < -0.4 is 5.32 Å². The Morgan fingerprint density at radius 1 is 1.32 bits per heavy atom. The van der Waals surface area contributed by atoms with Crippen molar-refractivity contribution in [3.05, 3.63) is 0 Å². The molecule has 2 atom stereocenters. The number of hydrogen-bond acceptors (Lipinski definition) is 3. The van der Waals surface area contributed by atoms with E-state index in [0.717, 1.165) is 0 Å². The second kappa shape index (κ2) is 7.33. The van der Waals surface area contributed by atoms with Crippen LogP contribution in [0.3, 0.4) is 0 Å². The van der Waals surface area contributed by atoms with Gasteiger partial charge in [-0.05, 0) is 26.7 Å². The van der Waals surface area contributed by atoms with Crippen molar-refractivity contribution in [2.45, 2.75) is 52.7 Å². The zero-order valence-electron chi connectivity index (χ0n) is 12.4. The van der Waals surface area contributed by atoms with E-state index in [9.17, 15) is 14.7 Å². The van der Waals surface area contributed by atoms with E-state index in [0.29, 0.717) is 13.0 Å². The zero-order chi connectivity index (χ0) is 15.2. The molecule has 112 valence electrons. The van der Waals surface area contributed by atoms with Crippen molar-refractivity contribution in [2.75, 3.05) is 13.1 Å². The van der Waals surface area contributed by atoms with E-state index in [2.05, 4.69) is 5.32 Å². The number of amides is 2. The summed E-state index contributed by atoms with van der Waals surface area (Å²) in [5.41, 5.74) is -1.01. The number of carbonyl (C=O) groups is 2. The molecule has 0 spiro atoms. The summed E-state index contributed by atoms with van der Waals surface area (Å²) in [6, 6.07) is -1.37. The molecule has 6 heteroatoms. The first-order valence-electron chi connectivity index (χ1n) is 6.63. The molecule has 0 radical (unpaired) electrons. The van der Waals surface area contributed by atoms with Gasteiger partial charge in [-0.1, -0.05) is 20.3 Å². The third-order valence-corrected chi connectivity index (χ3v) is 3.00. The van der Waals surface area contributed by atoms with E-state index in [1.807, 2.05) is 6.92 Å². The third kappa shape index (κ3) is 6.42. The van der Waals surface area contributed by atoms with Gasteiger partial charge < -0.3 is 20.4 Å². The molecule has 2 amide bonds. The van der Waals surface area contributed by atoms with Crippen molar-refractivity contribution in [3.8, 4) is 0 Å². The summed E-state index contributed by atoms with van der Waals surface area (Å²) in [5, 5.41) is 21.4. The molecule has 19 heavy (non-hydrogen) atoms. The Kier molecular flexibility index (Phi) is 6.83. The summed E-state index contributed by atoms with van der Waals surface area (Å²) in [5.74, 6) is -1.19. The lowest BCUT2D eigenvalue weighted by Crippen LogP contribution is -2.53. The van der Waals surface area contributed by atoms with Gasteiger partial charge >= 0.3 is 12.0 Å². The average molecular weight is 274 g/mol. The number of aliphatic carboxylic acids is 1. The summed E-state index contributed by atoms with van der Waals surface area (Å²) < 4.78 is 0. The number of nitrogens with zero attached hydrogens (tertiary/aromatic N) is 1. The van der Waals surface area contributed by atoms with E-state index >= 15 is 0 Å². The zero-order valence-corrected chi connectivity index (χ0v) is 12.4. The molecule has 1 unspecified atom stereocenters. The molecule has 0 saturated carbocycles. The topological polar surface area (TPSA) is 89.9 Å². The predicted molar refractivity (Wildman–Crippen MR) is 73.0 cm³/mol. The molecule has 0 aromatic heterocycles. The van der Waals surface area contributed by atoms with Gasteiger partial charge in [0, 0.05) is 6.54 Å². The Balaban J connectivity index is 4.74. The lowest BCUT2D eigenvalue weighted by molar-refractivity contribution is -0.140. The number of carboxylic acids is 1. The summed E-state index contributed by atoms with van der Waals surface area (Å²) in [4.78, 5) is 24.6. The number of nitrogens with one attached hydrogen (secondary N) is 1. The Morgan fingerprint density at radius 3 is 2.16 bits per heavy atom. The highest BCUT2D eigenvalue weighted by atomic mass is 16.4. The van der Waals surface area contributed by atoms with Gasteiger partial charge in [0.05, 0.1) is 12.1 Å². The second-order valence-electron chi connectivity index (χ2n) is 5.48. The first-order valence-corrected chi connectivity index (χ1v) is 6.63. The van der Waals surface area contributed by atoms with Crippen molar-refractivity contribution in [3.63, 3.8) is 0 Å². The monoisotopic (exact) mass is 274 g/mol. The Labute approximate surface area is 114 Å². The van der Waals surface area contributed by atoms with Crippen LogP contribution in [0.25, 0.3) is 0 Å². The summed E-state index contributed by atoms with van der Waals surface area (Å²) in [6.07, 6.45) is 0.662. The fourth-order valence-corrected chi connectivity index (χ4v) is 1.70. The van der Waals surface area contributed by atoms with Gasteiger partial charge in [0.2, 0.25) is 0 Å². The Bertz CT molecular complexity index is 312. The smallest absolute Gasteiger partial charge is 0.326 e. The highest BCUT2D eigenvalue weighted by molar-refractivity contribution is 5.82. The maximum atomic E-state index is 12.0. The highest BCUT2D eigenvalue weighted by Gasteiger charge is 2.28. The standard InChI is InChI=1S/C13H26N2O4/c1-6-9(3)10(11(16)17)14-12(18)15(7-2)8-13(4,5)19/h9-10,19H,6-8H2,1-5H3,(H,14,18)(H,16,17)/t9?,10-/m0/s1. The van der Waals surface area contributed by atoms with E-state index in [1.165, 1.54) is 4.90 Å². The highest BCUT2D eigenvalue weighted by Crippen LogP contribution is 2.10. The summed E-state index contributed by atoms with van der Waals surface area (Å²) in [6.45, 7) is 9.21. The molecular weight excluding hydrogens is 248 g/mol. The molecule has 0 aliphatic heterocycles. The molecule has 0 bridgehead atoms. The van der Waals surface area contributed by atoms with Crippen molar-refractivity contribution in [2.24, 2.45) is 5.92 Å². The van der Waals surface area contributed by atoms with Gasteiger partial charge in [0.15, 0.2) is 0 Å². The van der Waals surface area contributed by atoms with E-state index in [4.69, 9.17) is 5.11 Å². The molecule has 3 N–H and O–H groups in total. The molecule has 0 aliphatic carbocycles. The first kappa shape index (κ1) is 17.7. The Hall–Kier alpha value is -1.30. The third-order valence-electron chi connectivity index (χ3n) is 3.00. The number of carbonyl (C=O) groups excluding carboxylic acids is 1. The molecule has 0 rings (SSSR count). The van der Waals surface area contributed by atoms with Crippen molar-refractivity contribution in [1.29, 1.82) is 0 Å². The Morgan fingerprint density at radius 2 is 1.84 bits per heavy atom. The maximum Gasteiger partial charge on any atom is 0.326 e. The molecular formula is C13H26N2O4. The SMILES string of the molecule is CCC(C)[C@H](NC(=O)N(CC)CC(C)(C)O)C(=O)O.